The fraction of sp³-hybridized carbons (Fsp3) is 0.286. The molecule has 2 N–H and O–H groups in total. The number of nitrogens with zero attached hydrogens (tertiary/aromatic N) is 1. The summed E-state index contributed by atoms with van der Waals surface area (Å²) in [6.45, 7) is 0.285. The van der Waals surface area contributed by atoms with Gasteiger partial charge in [0.25, 0.3) is 0 Å². The molecule has 0 bridgehead atoms. The van der Waals surface area contributed by atoms with E-state index < -0.39 is 6.10 Å². The molecule has 0 spiro atoms. The molecule has 1 aromatic rings. The monoisotopic (exact) mass is 168 g/mol. The Balaban J connectivity index is 2.44. The molecular formula is C7H8N2OS. The van der Waals surface area contributed by atoms with Crippen LogP contribution in [0.2, 0.25) is 0 Å². The Bertz CT molecular complexity index is 239. The molecular weight excluding hydrogens is 160 g/mol. The number of nitriles is 1. The third-order valence-electron chi connectivity index (χ3n) is 1.30. The summed E-state index contributed by atoms with van der Waals surface area (Å²) >= 11 is 1.53. The highest BCUT2D eigenvalue weighted by atomic mass is 32.1. The van der Waals surface area contributed by atoms with Gasteiger partial charge in [0.05, 0.1) is 12.6 Å². The number of hydrogen-bond donors (Lipinski definition) is 2. The molecule has 0 aliphatic heterocycles. The van der Waals surface area contributed by atoms with Gasteiger partial charge in [0.1, 0.15) is 0 Å². The Hall–Kier alpha value is -1.05. The first-order chi connectivity index (χ1) is 5.34. The summed E-state index contributed by atoms with van der Waals surface area (Å²) in [7, 11) is 0. The normalized spacial score (nSPS) is 12.0. The third-order valence-corrected chi connectivity index (χ3v) is 2.00. The van der Waals surface area contributed by atoms with E-state index >= 15 is 0 Å². The smallest absolute Gasteiger partial charge is 0.176 e. The van der Waals surface area contributed by atoms with Crippen LogP contribution in [-0.4, -0.2) is 11.7 Å². The average Bonchev–Trinajstić information content (AvgIpc) is 2.52. The van der Waals surface area contributed by atoms with Crippen LogP contribution in [0, 0.1) is 11.5 Å². The van der Waals surface area contributed by atoms with E-state index in [2.05, 4.69) is 5.32 Å². The number of rotatable bonds is 3. The van der Waals surface area contributed by atoms with Crippen molar-refractivity contribution >= 4 is 11.3 Å². The van der Waals surface area contributed by atoms with Crippen molar-refractivity contribution in [3.8, 4) is 6.19 Å². The van der Waals surface area contributed by atoms with E-state index in [0.717, 1.165) is 5.56 Å². The summed E-state index contributed by atoms with van der Waals surface area (Å²) in [5, 5.41) is 23.6. The molecule has 1 heterocycles. The summed E-state index contributed by atoms with van der Waals surface area (Å²) in [6.07, 6.45) is 1.19. The number of thiophene rings is 1. The Kier molecular flexibility index (Phi) is 2.90. The van der Waals surface area contributed by atoms with E-state index in [9.17, 15) is 5.11 Å². The molecule has 0 aromatic carbocycles. The highest BCUT2D eigenvalue weighted by Crippen LogP contribution is 2.14. The second-order valence-corrected chi connectivity index (χ2v) is 2.85. The summed E-state index contributed by atoms with van der Waals surface area (Å²) in [4.78, 5) is 0. The SMILES string of the molecule is N#CNCC(O)c1ccsc1. The van der Waals surface area contributed by atoms with Gasteiger partial charge in [-0.15, -0.1) is 0 Å². The maximum atomic E-state index is 9.33. The standard InChI is InChI=1S/C7H8N2OS/c8-5-9-3-7(10)6-1-2-11-4-6/h1-2,4,7,9-10H,3H2. The molecule has 0 fully saturated rings. The molecule has 1 atom stereocenters. The molecule has 1 rings (SSSR count). The van der Waals surface area contributed by atoms with E-state index in [1.54, 1.807) is 6.19 Å². The number of nitrogens with one attached hydrogen (secondary N) is 1. The predicted octanol–water partition coefficient (Wildman–Crippen LogP) is 0.852. The minimum atomic E-state index is -0.569. The van der Waals surface area contributed by atoms with Crippen LogP contribution in [-0.2, 0) is 0 Å². The maximum absolute atomic E-state index is 9.33. The van der Waals surface area contributed by atoms with E-state index in [4.69, 9.17) is 5.26 Å². The fourth-order valence-corrected chi connectivity index (χ4v) is 1.43. The van der Waals surface area contributed by atoms with Gasteiger partial charge >= 0.3 is 0 Å². The molecule has 0 amide bonds. The zero-order chi connectivity index (χ0) is 8.10. The molecule has 4 heteroatoms. The van der Waals surface area contributed by atoms with Crippen LogP contribution in [0.5, 0.6) is 0 Å². The summed E-state index contributed by atoms with van der Waals surface area (Å²) in [6, 6.07) is 1.84. The molecule has 58 valence electrons. The van der Waals surface area contributed by atoms with Crippen LogP contribution in [0.1, 0.15) is 11.7 Å². The van der Waals surface area contributed by atoms with Gasteiger partial charge in [-0.1, -0.05) is 0 Å². The zero-order valence-electron chi connectivity index (χ0n) is 5.82. The molecule has 11 heavy (non-hydrogen) atoms. The molecule has 1 unspecified atom stereocenters. The molecule has 0 saturated carbocycles. The molecule has 0 aliphatic rings. The highest BCUT2D eigenvalue weighted by molar-refractivity contribution is 7.07. The van der Waals surface area contributed by atoms with Crippen LogP contribution in [0.4, 0.5) is 0 Å². The van der Waals surface area contributed by atoms with Crippen LogP contribution in [0.3, 0.4) is 0 Å². The molecule has 1 aromatic heterocycles. The first kappa shape index (κ1) is 8.05. The van der Waals surface area contributed by atoms with Crippen molar-refractivity contribution in [3.63, 3.8) is 0 Å². The van der Waals surface area contributed by atoms with Crippen molar-refractivity contribution in [3.05, 3.63) is 22.4 Å². The van der Waals surface area contributed by atoms with Gasteiger partial charge in [-0.2, -0.15) is 16.6 Å². The van der Waals surface area contributed by atoms with Gasteiger partial charge in [0.2, 0.25) is 0 Å². The predicted molar refractivity (Wildman–Crippen MR) is 42.9 cm³/mol. The van der Waals surface area contributed by atoms with Gasteiger partial charge in [0.15, 0.2) is 6.19 Å². The highest BCUT2D eigenvalue weighted by Gasteiger charge is 2.05. The van der Waals surface area contributed by atoms with Gasteiger partial charge in [0, 0.05) is 0 Å². The van der Waals surface area contributed by atoms with Gasteiger partial charge in [-0.05, 0) is 22.4 Å². The van der Waals surface area contributed by atoms with Gasteiger partial charge < -0.3 is 10.4 Å². The van der Waals surface area contributed by atoms with Crippen LogP contribution in [0.25, 0.3) is 0 Å². The molecule has 3 nitrogen and oxygen atoms in total. The summed E-state index contributed by atoms with van der Waals surface area (Å²) in [5.74, 6) is 0. The lowest BCUT2D eigenvalue weighted by Crippen LogP contribution is -2.15. The van der Waals surface area contributed by atoms with Gasteiger partial charge in [-0.25, -0.2) is 0 Å². The van der Waals surface area contributed by atoms with E-state index in [-0.39, 0.29) is 6.54 Å². The Morgan fingerprint density at radius 2 is 2.64 bits per heavy atom. The van der Waals surface area contributed by atoms with E-state index in [1.165, 1.54) is 11.3 Å². The van der Waals surface area contributed by atoms with E-state index in [1.807, 2.05) is 16.8 Å². The first-order valence-corrected chi connectivity index (χ1v) is 4.11. The third kappa shape index (κ3) is 2.22. The quantitative estimate of drug-likeness (QED) is 0.519. The Labute approximate surface area is 68.9 Å². The number of aliphatic hydroxyl groups is 1. The molecule has 0 radical (unpaired) electrons. The Morgan fingerprint density at radius 3 is 3.18 bits per heavy atom. The second-order valence-electron chi connectivity index (χ2n) is 2.07. The first-order valence-electron chi connectivity index (χ1n) is 3.16. The minimum absolute atomic E-state index is 0.285. The fourth-order valence-electron chi connectivity index (χ4n) is 0.725. The second kappa shape index (κ2) is 3.96. The van der Waals surface area contributed by atoms with Crippen molar-refractivity contribution in [2.45, 2.75) is 6.10 Å². The van der Waals surface area contributed by atoms with Crippen LogP contribution >= 0.6 is 11.3 Å². The lowest BCUT2D eigenvalue weighted by molar-refractivity contribution is 0.180. The topological polar surface area (TPSA) is 56.0 Å². The maximum Gasteiger partial charge on any atom is 0.176 e. The largest absolute Gasteiger partial charge is 0.387 e. The molecule has 0 aliphatic carbocycles. The average molecular weight is 168 g/mol. The van der Waals surface area contributed by atoms with Gasteiger partial charge in [-0.3, -0.25) is 0 Å². The minimum Gasteiger partial charge on any atom is -0.387 e. The Morgan fingerprint density at radius 1 is 1.82 bits per heavy atom. The number of hydrogen-bond acceptors (Lipinski definition) is 4. The molecule has 0 saturated heterocycles. The van der Waals surface area contributed by atoms with Crippen molar-refractivity contribution in [2.75, 3.05) is 6.54 Å². The lowest BCUT2D eigenvalue weighted by Gasteiger charge is -2.05. The van der Waals surface area contributed by atoms with Crippen molar-refractivity contribution < 1.29 is 5.11 Å². The number of aliphatic hydroxyl groups excluding tert-OH is 1. The van der Waals surface area contributed by atoms with Crippen molar-refractivity contribution in [2.24, 2.45) is 0 Å². The summed E-state index contributed by atoms with van der Waals surface area (Å²) < 4.78 is 0. The van der Waals surface area contributed by atoms with Crippen molar-refractivity contribution in [1.82, 2.24) is 5.32 Å². The lowest BCUT2D eigenvalue weighted by atomic mass is 10.2. The van der Waals surface area contributed by atoms with Crippen LogP contribution in [0.15, 0.2) is 16.8 Å². The van der Waals surface area contributed by atoms with Crippen molar-refractivity contribution in [1.29, 1.82) is 5.26 Å². The van der Waals surface area contributed by atoms with Crippen LogP contribution < -0.4 is 5.32 Å². The zero-order valence-corrected chi connectivity index (χ0v) is 6.64. The summed E-state index contributed by atoms with van der Waals surface area (Å²) in [5.41, 5.74) is 0.859. The van der Waals surface area contributed by atoms with E-state index in [0.29, 0.717) is 0 Å².